The quantitative estimate of drug-likeness (QED) is 0.549. The minimum atomic E-state index is -0.418. The fraction of sp³-hybridized carbons (Fsp3) is 0.889. The highest BCUT2D eigenvalue weighted by Crippen LogP contribution is 1.94. The SMILES string of the molecule is CCC(O)CCNC(=O)[C@H](N)CC. The van der Waals surface area contributed by atoms with Crippen molar-refractivity contribution in [3.63, 3.8) is 0 Å². The number of carbonyl (C=O) groups excluding carboxylic acids is 1. The van der Waals surface area contributed by atoms with Crippen molar-refractivity contribution >= 4 is 5.91 Å². The van der Waals surface area contributed by atoms with Crippen LogP contribution in [-0.2, 0) is 4.79 Å². The molecule has 13 heavy (non-hydrogen) atoms. The molecule has 0 bridgehead atoms. The molecule has 0 aliphatic rings. The second-order valence-corrected chi connectivity index (χ2v) is 3.16. The lowest BCUT2D eigenvalue weighted by Crippen LogP contribution is -2.40. The first-order valence-electron chi connectivity index (χ1n) is 4.83. The average molecular weight is 188 g/mol. The molecule has 0 aromatic carbocycles. The maximum Gasteiger partial charge on any atom is 0.236 e. The molecule has 0 aliphatic carbocycles. The molecule has 0 heterocycles. The van der Waals surface area contributed by atoms with Gasteiger partial charge in [0.2, 0.25) is 5.91 Å². The van der Waals surface area contributed by atoms with Crippen LogP contribution in [0.15, 0.2) is 0 Å². The van der Waals surface area contributed by atoms with Gasteiger partial charge in [0.05, 0.1) is 12.1 Å². The molecule has 0 aliphatic heterocycles. The van der Waals surface area contributed by atoms with Crippen LogP contribution in [0.3, 0.4) is 0 Å². The Morgan fingerprint density at radius 2 is 2.08 bits per heavy atom. The first kappa shape index (κ1) is 12.4. The molecule has 0 rings (SSSR count). The summed E-state index contributed by atoms with van der Waals surface area (Å²) in [4.78, 5) is 11.1. The summed E-state index contributed by atoms with van der Waals surface area (Å²) >= 11 is 0. The Morgan fingerprint density at radius 1 is 1.46 bits per heavy atom. The summed E-state index contributed by atoms with van der Waals surface area (Å²) in [6.45, 7) is 4.27. The third-order valence-corrected chi connectivity index (χ3v) is 2.02. The van der Waals surface area contributed by atoms with E-state index in [1.165, 1.54) is 0 Å². The minimum Gasteiger partial charge on any atom is -0.393 e. The Kier molecular flexibility index (Phi) is 6.54. The zero-order valence-corrected chi connectivity index (χ0v) is 8.42. The zero-order chi connectivity index (χ0) is 10.3. The van der Waals surface area contributed by atoms with Gasteiger partial charge in [-0.05, 0) is 19.3 Å². The Morgan fingerprint density at radius 3 is 2.54 bits per heavy atom. The van der Waals surface area contributed by atoms with Crippen molar-refractivity contribution in [1.29, 1.82) is 0 Å². The molecular weight excluding hydrogens is 168 g/mol. The number of nitrogens with one attached hydrogen (secondary N) is 1. The lowest BCUT2D eigenvalue weighted by atomic mass is 10.2. The molecule has 4 nitrogen and oxygen atoms in total. The van der Waals surface area contributed by atoms with E-state index >= 15 is 0 Å². The van der Waals surface area contributed by atoms with Crippen LogP contribution in [0.2, 0.25) is 0 Å². The van der Waals surface area contributed by atoms with Crippen LogP contribution >= 0.6 is 0 Å². The molecule has 1 amide bonds. The molecule has 2 atom stereocenters. The van der Waals surface area contributed by atoms with Crippen LogP contribution in [0.1, 0.15) is 33.1 Å². The van der Waals surface area contributed by atoms with Gasteiger partial charge in [0.1, 0.15) is 0 Å². The molecule has 0 fully saturated rings. The molecule has 0 aromatic heterocycles. The molecule has 4 N–H and O–H groups in total. The Hall–Kier alpha value is -0.610. The van der Waals surface area contributed by atoms with Gasteiger partial charge in [-0.25, -0.2) is 0 Å². The number of nitrogens with two attached hydrogens (primary N) is 1. The number of aliphatic hydroxyl groups excluding tert-OH is 1. The highest BCUT2D eigenvalue weighted by Gasteiger charge is 2.10. The van der Waals surface area contributed by atoms with Crippen molar-refractivity contribution in [2.24, 2.45) is 5.73 Å². The van der Waals surface area contributed by atoms with E-state index in [1.54, 1.807) is 0 Å². The van der Waals surface area contributed by atoms with Crippen molar-refractivity contribution in [2.45, 2.75) is 45.3 Å². The zero-order valence-electron chi connectivity index (χ0n) is 8.42. The Labute approximate surface area is 79.5 Å². The summed E-state index contributed by atoms with van der Waals surface area (Å²) < 4.78 is 0. The van der Waals surface area contributed by atoms with Crippen LogP contribution in [0.5, 0.6) is 0 Å². The van der Waals surface area contributed by atoms with E-state index in [0.717, 1.165) is 6.42 Å². The summed E-state index contributed by atoms with van der Waals surface area (Å²) in [7, 11) is 0. The van der Waals surface area contributed by atoms with E-state index in [4.69, 9.17) is 5.73 Å². The first-order chi connectivity index (χ1) is 6.11. The number of aliphatic hydroxyl groups is 1. The molecular formula is C9H20N2O2. The fourth-order valence-electron chi connectivity index (χ4n) is 0.883. The van der Waals surface area contributed by atoms with Gasteiger partial charge in [0, 0.05) is 6.54 Å². The number of hydrogen-bond donors (Lipinski definition) is 3. The predicted octanol–water partition coefficient (Wildman–Crippen LogP) is 0.000900. The predicted molar refractivity (Wildman–Crippen MR) is 52.2 cm³/mol. The number of carbonyl (C=O) groups is 1. The van der Waals surface area contributed by atoms with E-state index in [1.807, 2.05) is 13.8 Å². The third-order valence-electron chi connectivity index (χ3n) is 2.02. The monoisotopic (exact) mass is 188 g/mol. The van der Waals surface area contributed by atoms with Crippen molar-refractivity contribution in [3.05, 3.63) is 0 Å². The van der Waals surface area contributed by atoms with Gasteiger partial charge in [-0.1, -0.05) is 13.8 Å². The standard InChI is InChI=1S/C9H20N2O2/c1-3-7(12)5-6-11-9(13)8(10)4-2/h7-8,12H,3-6,10H2,1-2H3,(H,11,13)/t7?,8-/m1/s1. The van der Waals surface area contributed by atoms with Gasteiger partial charge in [-0.3, -0.25) is 4.79 Å². The van der Waals surface area contributed by atoms with Gasteiger partial charge < -0.3 is 16.2 Å². The van der Waals surface area contributed by atoms with Crippen molar-refractivity contribution in [1.82, 2.24) is 5.32 Å². The molecule has 1 unspecified atom stereocenters. The van der Waals surface area contributed by atoms with Gasteiger partial charge in [0.25, 0.3) is 0 Å². The normalized spacial score (nSPS) is 15.1. The highest BCUT2D eigenvalue weighted by molar-refractivity contribution is 5.81. The summed E-state index contributed by atoms with van der Waals surface area (Å²) in [5.74, 6) is -0.134. The Balaban J connectivity index is 3.47. The molecule has 0 radical (unpaired) electrons. The highest BCUT2D eigenvalue weighted by atomic mass is 16.3. The second-order valence-electron chi connectivity index (χ2n) is 3.16. The van der Waals surface area contributed by atoms with Gasteiger partial charge in [-0.2, -0.15) is 0 Å². The van der Waals surface area contributed by atoms with Crippen LogP contribution in [0.25, 0.3) is 0 Å². The largest absolute Gasteiger partial charge is 0.393 e. The maximum absolute atomic E-state index is 11.1. The minimum absolute atomic E-state index is 0.134. The van der Waals surface area contributed by atoms with Crippen molar-refractivity contribution < 1.29 is 9.90 Å². The van der Waals surface area contributed by atoms with Crippen molar-refractivity contribution in [2.75, 3.05) is 6.54 Å². The molecule has 78 valence electrons. The van der Waals surface area contributed by atoms with E-state index in [-0.39, 0.29) is 12.0 Å². The lowest BCUT2D eigenvalue weighted by molar-refractivity contribution is -0.122. The summed E-state index contributed by atoms with van der Waals surface area (Å²) in [5, 5.41) is 11.9. The molecule has 0 spiro atoms. The van der Waals surface area contributed by atoms with Crippen LogP contribution in [0.4, 0.5) is 0 Å². The topological polar surface area (TPSA) is 75.3 Å². The van der Waals surface area contributed by atoms with Crippen molar-refractivity contribution in [3.8, 4) is 0 Å². The van der Waals surface area contributed by atoms with Crippen LogP contribution in [-0.4, -0.2) is 29.7 Å². The summed E-state index contributed by atoms with van der Waals surface area (Å²) in [5.41, 5.74) is 5.49. The average Bonchev–Trinajstić information content (AvgIpc) is 2.15. The van der Waals surface area contributed by atoms with E-state index in [9.17, 15) is 9.90 Å². The summed E-state index contributed by atoms with van der Waals surface area (Å²) in [6, 6.07) is -0.418. The van der Waals surface area contributed by atoms with Crippen LogP contribution < -0.4 is 11.1 Å². The second kappa shape index (κ2) is 6.86. The van der Waals surface area contributed by atoms with E-state index < -0.39 is 6.04 Å². The molecule has 0 saturated heterocycles. The molecule has 4 heteroatoms. The van der Waals surface area contributed by atoms with E-state index in [2.05, 4.69) is 5.32 Å². The van der Waals surface area contributed by atoms with Crippen LogP contribution in [0, 0.1) is 0 Å². The number of rotatable bonds is 6. The van der Waals surface area contributed by atoms with Gasteiger partial charge in [0.15, 0.2) is 0 Å². The van der Waals surface area contributed by atoms with Gasteiger partial charge in [-0.15, -0.1) is 0 Å². The van der Waals surface area contributed by atoms with Gasteiger partial charge >= 0.3 is 0 Å². The van der Waals surface area contributed by atoms with E-state index in [0.29, 0.717) is 19.4 Å². The fourth-order valence-corrected chi connectivity index (χ4v) is 0.883. The Bertz CT molecular complexity index is 151. The molecule has 0 aromatic rings. The third kappa shape index (κ3) is 5.60. The first-order valence-corrected chi connectivity index (χ1v) is 4.83. The number of amides is 1. The summed E-state index contributed by atoms with van der Waals surface area (Å²) in [6.07, 6.45) is 1.63. The lowest BCUT2D eigenvalue weighted by Gasteiger charge is -2.11. The number of hydrogen-bond acceptors (Lipinski definition) is 3. The molecule has 0 saturated carbocycles. The maximum atomic E-state index is 11.1. The smallest absolute Gasteiger partial charge is 0.236 e.